The Balaban J connectivity index is 1.39. The van der Waals surface area contributed by atoms with E-state index in [4.69, 9.17) is 21.6 Å². The number of rotatable bonds is 7. The molecule has 2 aromatic carbocycles. The second-order valence-electron chi connectivity index (χ2n) is 7.26. The first-order valence-corrected chi connectivity index (χ1v) is 10.4. The summed E-state index contributed by atoms with van der Waals surface area (Å²) in [4.78, 5) is 24.3. The highest BCUT2D eigenvalue weighted by molar-refractivity contribution is 6.30. The summed E-state index contributed by atoms with van der Waals surface area (Å²) < 4.78 is 5.96. The highest BCUT2D eigenvalue weighted by atomic mass is 35.5. The average molecular weight is 426 g/mol. The van der Waals surface area contributed by atoms with Crippen LogP contribution in [0.25, 0.3) is 0 Å². The number of nitrogens with one attached hydrogen (secondary N) is 2. The molecule has 1 aliphatic rings. The quantitative estimate of drug-likeness (QED) is 0.657. The minimum absolute atomic E-state index is 0.124. The zero-order valence-electron chi connectivity index (χ0n) is 16.6. The molecule has 156 valence electrons. The van der Waals surface area contributed by atoms with Crippen LogP contribution < -0.4 is 15.4 Å². The van der Waals surface area contributed by atoms with Crippen molar-refractivity contribution in [3.05, 3.63) is 64.7 Å². The van der Waals surface area contributed by atoms with Crippen molar-refractivity contribution in [2.24, 2.45) is 5.92 Å². The Morgan fingerprint density at radius 2 is 1.40 bits per heavy atom. The third-order valence-corrected chi connectivity index (χ3v) is 5.33. The van der Waals surface area contributed by atoms with Crippen LogP contribution in [0.4, 0.5) is 0 Å². The van der Waals surface area contributed by atoms with E-state index in [1.165, 1.54) is 0 Å². The molecule has 0 unspecified atom stereocenters. The Bertz CT molecular complexity index is 899. The van der Waals surface area contributed by atoms with Gasteiger partial charge in [-0.3, -0.25) is 9.59 Å². The number of carbonyl (C=O) groups excluding carboxylic acids is 2. The van der Waals surface area contributed by atoms with Crippen molar-refractivity contribution in [3.8, 4) is 11.8 Å². The van der Waals surface area contributed by atoms with E-state index in [9.17, 15) is 9.59 Å². The smallest absolute Gasteiger partial charge is 0.251 e. The van der Waals surface area contributed by atoms with E-state index in [1.54, 1.807) is 48.5 Å². The summed E-state index contributed by atoms with van der Waals surface area (Å²) in [6.45, 7) is 0.637. The molecule has 1 saturated carbocycles. The monoisotopic (exact) mass is 425 g/mol. The number of hydrogen-bond donors (Lipinski definition) is 2. The van der Waals surface area contributed by atoms with E-state index in [2.05, 4.69) is 16.7 Å². The molecule has 0 radical (unpaired) electrons. The van der Waals surface area contributed by atoms with E-state index >= 15 is 0 Å². The van der Waals surface area contributed by atoms with Crippen molar-refractivity contribution < 1.29 is 14.3 Å². The van der Waals surface area contributed by atoms with Crippen molar-refractivity contribution in [1.29, 1.82) is 5.26 Å². The van der Waals surface area contributed by atoms with Gasteiger partial charge in [0.2, 0.25) is 0 Å². The third-order valence-electron chi connectivity index (χ3n) is 5.08. The number of benzene rings is 2. The van der Waals surface area contributed by atoms with E-state index in [0.717, 1.165) is 31.4 Å². The van der Waals surface area contributed by atoms with Gasteiger partial charge in [0.15, 0.2) is 0 Å². The number of nitriles is 1. The predicted octanol–water partition coefficient (Wildman–Crippen LogP) is 3.96. The van der Waals surface area contributed by atoms with Crippen molar-refractivity contribution in [2.45, 2.75) is 31.8 Å². The van der Waals surface area contributed by atoms with Crippen LogP contribution in [0.15, 0.2) is 48.5 Å². The van der Waals surface area contributed by atoms with Gasteiger partial charge in [-0.15, -0.1) is 0 Å². The van der Waals surface area contributed by atoms with Gasteiger partial charge in [-0.25, -0.2) is 0 Å². The first-order chi connectivity index (χ1) is 14.5. The van der Waals surface area contributed by atoms with Gasteiger partial charge < -0.3 is 15.4 Å². The van der Waals surface area contributed by atoms with E-state index in [0.29, 0.717) is 29.2 Å². The van der Waals surface area contributed by atoms with Gasteiger partial charge in [-0.2, -0.15) is 5.26 Å². The fourth-order valence-electron chi connectivity index (χ4n) is 3.34. The van der Waals surface area contributed by atoms with E-state index in [1.807, 2.05) is 0 Å². The maximum absolute atomic E-state index is 12.3. The molecule has 7 heteroatoms. The Hall–Kier alpha value is -3.04. The largest absolute Gasteiger partial charge is 0.490 e. The van der Waals surface area contributed by atoms with Gasteiger partial charge in [0, 0.05) is 35.2 Å². The van der Waals surface area contributed by atoms with Crippen LogP contribution in [0.2, 0.25) is 5.02 Å². The molecular formula is C23H24ClN3O3. The summed E-state index contributed by atoms with van der Waals surface area (Å²) in [5.74, 6) is 0.442. The summed E-state index contributed by atoms with van der Waals surface area (Å²) in [6.07, 6.45) is 3.62. The molecule has 0 spiro atoms. The van der Waals surface area contributed by atoms with Crippen molar-refractivity contribution >= 4 is 23.4 Å². The Morgan fingerprint density at radius 1 is 0.900 bits per heavy atom. The molecule has 2 N–H and O–H groups in total. The lowest BCUT2D eigenvalue weighted by atomic mass is 9.88. The maximum atomic E-state index is 12.3. The topological polar surface area (TPSA) is 91.2 Å². The van der Waals surface area contributed by atoms with Crippen LogP contribution in [0, 0.1) is 17.2 Å². The third kappa shape index (κ3) is 6.23. The molecule has 0 atom stereocenters. The lowest BCUT2D eigenvalue weighted by molar-refractivity contribution is 0.0927. The summed E-state index contributed by atoms with van der Waals surface area (Å²) in [7, 11) is 0. The molecule has 2 amide bonds. The zero-order valence-corrected chi connectivity index (χ0v) is 17.3. The van der Waals surface area contributed by atoms with E-state index in [-0.39, 0.29) is 23.8 Å². The maximum Gasteiger partial charge on any atom is 0.251 e. The second kappa shape index (κ2) is 10.7. The van der Waals surface area contributed by atoms with Gasteiger partial charge in [0.1, 0.15) is 5.75 Å². The Labute approximate surface area is 181 Å². The van der Waals surface area contributed by atoms with Crippen LogP contribution >= 0.6 is 11.6 Å². The summed E-state index contributed by atoms with van der Waals surface area (Å²) in [5, 5.41) is 15.1. The number of nitrogens with zero attached hydrogens (tertiary/aromatic N) is 1. The van der Waals surface area contributed by atoms with Gasteiger partial charge >= 0.3 is 0 Å². The average Bonchev–Trinajstić information content (AvgIpc) is 2.78. The molecular weight excluding hydrogens is 402 g/mol. The van der Waals surface area contributed by atoms with Crippen LogP contribution in [-0.2, 0) is 0 Å². The van der Waals surface area contributed by atoms with Gasteiger partial charge in [-0.1, -0.05) is 11.6 Å². The zero-order chi connectivity index (χ0) is 21.3. The summed E-state index contributed by atoms with van der Waals surface area (Å²) in [6, 6.07) is 15.9. The molecule has 3 rings (SSSR count). The first kappa shape index (κ1) is 21.7. The lowest BCUT2D eigenvalue weighted by Gasteiger charge is -2.25. The molecule has 0 aromatic heterocycles. The molecule has 2 aromatic rings. The SMILES string of the molecule is N#C[C@H]1CC[C@@H](Oc2ccc(C(=O)NCCNC(=O)c3ccc(Cl)cc3)cc2)CC1. The summed E-state index contributed by atoms with van der Waals surface area (Å²) >= 11 is 5.81. The number of carbonyl (C=O) groups is 2. The second-order valence-corrected chi connectivity index (χ2v) is 7.70. The number of halogens is 1. The van der Waals surface area contributed by atoms with E-state index < -0.39 is 0 Å². The predicted molar refractivity (Wildman–Crippen MR) is 115 cm³/mol. The standard InChI is InChI=1S/C23H24ClN3O3/c24-19-7-3-17(4-8-19)22(28)26-13-14-27-23(29)18-5-11-21(12-6-18)30-20-9-1-16(15-25)2-10-20/h3-8,11-12,16,20H,1-2,9-10,13-14H2,(H,26,28)(H,27,29)/t16-,20+. The minimum Gasteiger partial charge on any atom is -0.490 e. The molecule has 0 bridgehead atoms. The highest BCUT2D eigenvalue weighted by Gasteiger charge is 2.22. The number of ether oxygens (including phenoxy) is 1. The van der Waals surface area contributed by atoms with Gasteiger partial charge in [0.25, 0.3) is 11.8 Å². The van der Waals surface area contributed by atoms with Crippen LogP contribution in [0.5, 0.6) is 5.75 Å². The van der Waals surface area contributed by atoms with Crippen LogP contribution in [0.1, 0.15) is 46.4 Å². The van der Waals surface area contributed by atoms with Crippen molar-refractivity contribution in [3.63, 3.8) is 0 Å². The molecule has 6 nitrogen and oxygen atoms in total. The summed E-state index contributed by atoms with van der Waals surface area (Å²) in [5.41, 5.74) is 1.04. The minimum atomic E-state index is -0.216. The fourth-order valence-corrected chi connectivity index (χ4v) is 3.47. The molecule has 30 heavy (non-hydrogen) atoms. The normalized spacial score (nSPS) is 18.1. The van der Waals surface area contributed by atoms with Crippen molar-refractivity contribution in [1.82, 2.24) is 10.6 Å². The number of amides is 2. The Kier molecular flexibility index (Phi) is 7.69. The van der Waals surface area contributed by atoms with Crippen molar-refractivity contribution in [2.75, 3.05) is 13.1 Å². The molecule has 0 saturated heterocycles. The first-order valence-electron chi connectivity index (χ1n) is 10.0. The molecule has 0 heterocycles. The molecule has 1 fully saturated rings. The molecule has 0 aliphatic heterocycles. The highest BCUT2D eigenvalue weighted by Crippen LogP contribution is 2.27. The van der Waals surface area contributed by atoms with Crippen LogP contribution in [-0.4, -0.2) is 31.0 Å². The van der Waals surface area contributed by atoms with Gasteiger partial charge in [-0.05, 0) is 74.2 Å². The van der Waals surface area contributed by atoms with Gasteiger partial charge in [0.05, 0.1) is 12.2 Å². The van der Waals surface area contributed by atoms with Crippen LogP contribution in [0.3, 0.4) is 0 Å². The number of hydrogen-bond acceptors (Lipinski definition) is 4. The fraction of sp³-hybridized carbons (Fsp3) is 0.348. The Morgan fingerprint density at radius 3 is 1.90 bits per heavy atom. The lowest BCUT2D eigenvalue weighted by Crippen LogP contribution is -2.34. The molecule has 1 aliphatic carbocycles.